The lowest BCUT2D eigenvalue weighted by atomic mass is 9.51. The molecule has 72 heavy (non-hydrogen) atoms. The molecule has 0 heterocycles. The molecule has 0 atom stereocenters. The fourth-order valence-electron chi connectivity index (χ4n) is 13.6. The van der Waals surface area contributed by atoms with Crippen LogP contribution in [-0.4, -0.2) is 0 Å². The van der Waals surface area contributed by atoms with Gasteiger partial charge in [0.15, 0.2) is 0 Å². The summed E-state index contributed by atoms with van der Waals surface area (Å²) in [5, 5.41) is 0. The van der Waals surface area contributed by atoms with E-state index >= 15 is 0 Å². The fourth-order valence-corrected chi connectivity index (χ4v) is 13.6. The lowest BCUT2D eigenvalue weighted by molar-refractivity contribution is 0.623. The highest BCUT2D eigenvalue weighted by Crippen LogP contribution is 2.65. The van der Waals surface area contributed by atoms with Crippen LogP contribution in [0.1, 0.15) is 87.9 Å². The average Bonchev–Trinajstić information content (AvgIpc) is 3.88. The van der Waals surface area contributed by atoms with Crippen molar-refractivity contribution in [2.24, 2.45) is 0 Å². The number of rotatable bonds is 7. The second kappa shape index (κ2) is 16.3. The monoisotopic (exact) mass is 919 g/mol. The standard InChI is InChI=1S/C71H53N/c1-69(2)60-30-14-12-27-57(60)58-46-45-55(47-67(58)69)72(53-41-37-49(38-42-53)48-21-6-3-7-22-48)54-43-39-50(40-44-54)56-29-20-36-66-68(56)59-28-13-15-31-61(59)71(66)64-34-18-16-32-62(64)70(51-23-8-4-9-24-51,52-25-10-5-11-26-52)63-33-17-19-35-65(63)71/h4-6,8-47H,3,7H2,1-2H3. The molecular formula is C71H53N. The van der Waals surface area contributed by atoms with E-state index in [4.69, 9.17) is 0 Å². The Morgan fingerprint density at radius 1 is 0.333 bits per heavy atom. The van der Waals surface area contributed by atoms with Crippen molar-refractivity contribution in [3.05, 3.63) is 322 Å². The summed E-state index contributed by atoms with van der Waals surface area (Å²) in [5.41, 5.74) is 25.6. The van der Waals surface area contributed by atoms with Gasteiger partial charge in [0.25, 0.3) is 0 Å². The highest BCUT2D eigenvalue weighted by molar-refractivity contribution is 5.97. The first-order valence-corrected chi connectivity index (χ1v) is 25.7. The smallest absolute Gasteiger partial charge is 0.0720 e. The highest BCUT2D eigenvalue weighted by Gasteiger charge is 2.57. The molecular weight excluding hydrogens is 867 g/mol. The van der Waals surface area contributed by atoms with Crippen LogP contribution in [0, 0.1) is 0 Å². The van der Waals surface area contributed by atoms with Gasteiger partial charge in [0.05, 0.1) is 10.8 Å². The van der Waals surface area contributed by atoms with Gasteiger partial charge in [-0.05, 0) is 149 Å². The number of hydrogen-bond acceptors (Lipinski definition) is 1. The van der Waals surface area contributed by atoms with Gasteiger partial charge in [-0.2, -0.15) is 0 Å². The summed E-state index contributed by atoms with van der Waals surface area (Å²) >= 11 is 0. The van der Waals surface area contributed by atoms with Crippen molar-refractivity contribution in [2.75, 3.05) is 4.90 Å². The topological polar surface area (TPSA) is 3.24 Å². The summed E-state index contributed by atoms with van der Waals surface area (Å²) in [4.78, 5) is 2.44. The van der Waals surface area contributed by atoms with Crippen LogP contribution in [0.2, 0.25) is 0 Å². The molecule has 0 saturated carbocycles. The van der Waals surface area contributed by atoms with Gasteiger partial charge in [-0.1, -0.05) is 238 Å². The van der Waals surface area contributed by atoms with Gasteiger partial charge >= 0.3 is 0 Å². The Bertz CT molecular complexity index is 3730. The van der Waals surface area contributed by atoms with E-state index in [2.05, 4.69) is 280 Å². The molecule has 1 nitrogen and oxygen atoms in total. The number of allylic oxidation sites excluding steroid dienone is 4. The first-order valence-electron chi connectivity index (χ1n) is 25.7. The minimum absolute atomic E-state index is 0.119. The van der Waals surface area contributed by atoms with E-state index in [-0.39, 0.29) is 5.41 Å². The molecule has 4 aliphatic rings. The fraction of sp³-hybridized carbons (Fsp3) is 0.0986. The predicted molar refractivity (Wildman–Crippen MR) is 300 cm³/mol. The number of anilines is 3. The minimum Gasteiger partial charge on any atom is -0.310 e. The SMILES string of the molecule is CC1(C)c2ccccc2-c2ccc(N(c3ccc(C4=CCCC=C4)cc3)c3ccc(-c4cccc5c4-c4ccccc4C54c5ccccc5C(c5ccccc5)(c5ccccc5)c5ccccc54)cc3)cc21. The molecule has 14 rings (SSSR count). The normalized spacial score (nSPS) is 15.6. The number of fused-ring (bicyclic) bond motifs is 12. The second-order valence-corrected chi connectivity index (χ2v) is 20.6. The second-order valence-electron chi connectivity index (χ2n) is 20.6. The van der Waals surface area contributed by atoms with E-state index in [1.165, 1.54) is 100 Å². The Morgan fingerprint density at radius 3 is 1.40 bits per heavy atom. The lowest BCUT2D eigenvalue weighted by Crippen LogP contribution is -2.44. The minimum atomic E-state index is -0.560. The van der Waals surface area contributed by atoms with E-state index in [1.54, 1.807) is 0 Å². The van der Waals surface area contributed by atoms with Gasteiger partial charge in [0.1, 0.15) is 0 Å². The summed E-state index contributed by atoms with van der Waals surface area (Å²) in [5.74, 6) is 0. The van der Waals surface area contributed by atoms with E-state index in [0.717, 1.165) is 29.9 Å². The maximum Gasteiger partial charge on any atom is 0.0720 e. The van der Waals surface area contributed by atoms with Crippen molar-refractivity contribution in [3.63, 3.8) is 0 Å². The number of hydrogen-bond donors (Lipinski definition) is 0. The Hall–Kier alpha value is -8.52. The molecule has 0 amide bonds. The van der Waals surface area contributed by atoms with Crippen molar-refractivity contribution in [3.8, 4) is 33.4 Å². The first kappa shape index (κ1) is 42.4. The molecule has 342 valence electrons. The van der Waals surface area contributed by atoms with Gasteiger partial charge in [-0.25, -0.2) is 0 Å². The molecule has 0 radical (unpaired) electrons. The van der Waals surface area contributed by atoms with Crippen LogP contribution in [-0.2, 0) is 16.2 Å². The van der Waals surface area contributed by atoms with Crippen molar-refractivity contribution < 1.29 is 0 Å². The maximum atomic E-state index is 2.44. The Balaban J connectivity index is 0.940. The largest absolute Gasteiger partial charge is 0.310 e. The molecule has 1 spiro atoms. The molecule has 0 unspecified atom stereocenters. The average molecular weight is 920 g/mol. The molecule has 10 aromatic rings. The van der Waals surface area contributed by atoms with Gasteiger partial charge in [-0.15, -0.1) is 0 Å². The van der Waals surface area contributed by atoms with Crippen LogP contribution in [0.25, 0.3) is 39.0 Å². The molecule has 0 saturated heterocycles. The molecule has 1 heteroatoms. The Labute approximate surface area is 423 Å². The number of nitrogens with zero attached hydrogens (tertiary/aromatic N) is 1. The van der Waals surface area contributed by atoms with E-state index in [9.17, 15) is 0 Å². The van der Waals surface area contributed by atoms with E-state index < -0.39 is 10.8 Å². The zero-order valence-electron chi connectivity index (χ0n) is 40.7. The zero-order chi connectivity index (χ0) is 48.0. The van der Waals surface area contributed by atoms with Crippen molar-refractivity contribution in [2.45, 2.75) is 42.9 Å². The molecule has 0 fully saturated rings. The third-order valence-corrected chi connectivity index (χ3v) is 16.7. The summed E-state index contributed by atoms with van der Waals surface area (Å²) < 4.78 is 0. The quantitative estimate of drug-likeness (QED) is 0.154. The summed E-state index contributed by atoms with van der Waals surface area (Å²) in [6.07, 6.45) is 9.11. The van der Waals surface area contributed by atoms with Crippen LogP contribution in [0.5, 0.6) is 0 Å². The summed E-state index contributed by atoms with van der Waals surface area (Å²) in [6, 6.07) is 91.8. The first-order chi connectivity index (χ1) is 35.5. The van der Waals surface area contributed by atoms with Crippen LogP contribution in [0.3, 0.4) is 0 Å². The molecule has 4 aliphatic carbocycles. The zero-order valence-corrected chi connectivity index (χ0v) is 40.7. The number of benzene rings is 10. The van der Waals surface area contributed by atoms with Gasteiger partial charge in [0.2, 0.25) is 0 Å². The highest BCUT2D eigenvalue weighted by atomic mass is 15.1. The Kier molecular flexibility index (Phi) is 9.57. The van der Waals surface area contributed by atoms with Crippen LogP contribution < -0.4 is 4.90 Å². The van der Waals surface area contributed by atoms with Crippen molar-refractivity contribution >= 4 is 22.6 Å². The van der Waals surface area contributed by atoms with Gasteiger partial charge < -0.3 is 4.90 Å². The summed E-state index contributed by atoms with van der Waals surface area (Å²) in [7, 11) is 0. The predicted octanol–water partition coefficient (Wildman–Crippen LogP) is 17.9. The third kappa shape index (κ3) is 5.95. The van der Waals surface area contributed by atoms with E-state index in [1.807, 2.05) is 0 Å². The van der Waals surface area contributed by atoms with Crippen molar-refractivity contribution in [1.29, 1.82) is 0 Å². The summed E-state index contributed by atoms with van der Waals surface area (Å²) in [6.45, 7) is 4.74. The van der Waals surface area contributed by atoms with Crippen molar-refractivity contribution in [1.82, 2.24) is 0 Å². The van der Waals surface area contributed by atoms with Gasteiger partial charge in [0, 0.05) is 22.5 Å². The molecule has 0 bridgehead atoms. The van der Waals surface area contributed by atoms with Gasteiger partial charge in [-0.3, -0.25) is 0 Å². The van der Waals surface area contributed by atoms with Crippen LogP contribution >= 0.6 is 0 Å². The molecule has 0 N–H and O–H groups in total. The molecule has 10 aromatic carbocycles. The lowest BCUT2D eigenvalue weighted by Gasteiger charge is -2.50. The molecule has 0 aliphatic heterocycles. The van der Waals surface area contributed by atoms with E-state index in [0.29, 0.717) is 0 Å². The third-order valence-electron chi connectivity index (χ3n) is 16.7. The maximum absolute atomic E-state index is 2.44. The molecule has 0 aromatic heterocycles. The van der Waals surface area contributed by atoms with Crippen LogP contribution in [0.4, 0.5) is 17.1 Å². The van der Waals surface area contributed by atoms with Crippen LogP contribution in [0.15, 0.2) is 261 Å². The Morgan fingerprint density at radius 2 is 0.806 bits per heavy atom.